The molecule has 0 radical (unpaired) electrons. The maximum Gasteiger partial charge on any atom is 0.250 e. The number of amides is 1. The molecular formula is C16H17BrN2O3. The normalized spacial score (nSPS) is 11.0. The Labute approximate surface area is 136 Å². The number of unbranched alkanes of at least 4 members (excludes halogenated alkanes) is 1. The van der Waals surface area contributed by atoms with Crippen LogP contribution in [0, 0.1) is 0 Å². The summed E-state index contributed by atoms with van der Waals surface area (Å²) in [5, 5.41) is 2.79. The molecule has 0 atom stereocenters. The number of nitrogens with zero attached hydrogens (tertiary/aromatic N) is 1. The van der Waals surface area contributed by atoms with E-state index in [1.807, 2.05) is 0 Å². The number of rotatable bonds is 7. The van der Waals surface area contributed by atoms with Gasteiger partial charge in [0.15, 0.2) is 0 Å². The fraction of sp³-hybridized carbons (Fsp3) is 0.250. The topological polar surface area (TPSA) is 64.2 Å². The summed E-state index contributed by atoms with van der Waals surface area (Å²) in [5.41, 5.74) is -0.0198. The average Bonchev–Trinajstić information content (AvgIpc) is 3.01. The average molecular weight is 365 g/mol. The highest BCUT2D eigenvalue weighted by Gasteiger charge is 1.99. The largest absolute Gasteiger partial charge is 0.465 e. The van der Waals surface area contributed by atoms with Crippen molar-refractivity contribution < 1.29 is 9.21 Å². The van der Waals surface area contributed by atoms with Crippen LogP contribution in [0.4, 0.5) is 0 Å². The maximum absolute atomic E-state index is 11.6. The highest BCUT2D eigenvalue weighted by Crippen LogP contribution is 2.05. The van der Waals surface area contributed by atoms with Crippen molar-refractivity contribution in [3.05, 3.63) is 63.4 Å². The fourth-order valence-corrected chi connectivity index (χ4v) is 2.28. The number of carbonyl (C=O) groups excluding carboxylic acids is 1. The second kappa shape index (κ2) is 8.38. The van der Waals surface area contributed by atoms with Gasteiger partial charge < -0.3 is 14.3 Å². The minimum atomic E-state index is -0.156. The number of pyridine rings is 1. The molecule has 0 aromatic carbocycles. The van der Waals surface area contributed by atoms with Crippen molar-refractivity contribution in [1.29, 1.82) is 0 Å². The van der Waals surface area contributed by atoms with Crippen LogP contribution in [-0.2, 0) is 11.3 Å². The molecule has 2 aromatic heterocycles. The predicted octanol–water partition coefficient (Wildman–Crippen LogP) is 2.81. The van der Waals surface area contributed by atoms with Gasteiger partial charge in [-0.05, 0) is 53.0 Å². The summed E-state index contributed by atoms with van der Waals surface area (Å²) in [6.07, 6.45) is 8.01. The molecule has 0 spiro atoms. The van der Waals surface area contributed by atoms with E-state index >= 15 is 0 Å². The number of halogens is 1. The van der Waals surface area contributed by atoms with Crippen molar-refractivity contribution in [2.75, 3.05) is 6.54 Å². The van der Waals surface area contributed by atoms with Gasteiger partial charge in [0.05, 0.1) is 6.26 Å². The first kappa shape index (κ1) is 16.3. The summed E-state index contributed by atoms with van der Waals surface area (Å²) in [5.74, 6) is 0.486. The lowest BCUT2D eigenvalue weighted by Gasteiger charge is -2.06. The Balaban J connectivity index is 1.66. The molecule has 2 aromatic rings. The van der Waals surface area contributed by atoms with Gasteiger partial charge in [0.25, 0.3) is 5.56 Å². The van der Waals surface area contributed by atoms with Gasteiger partial charge in [0.2, 0.25) is 5.91 Å². The molecule has 1 amide bonds. The number of aryl methyl sites for hydroxylation is 1. The lowest BCUT2D eigenvalue weighted by molar-refractivity contribution is -0.116. The van der Waals surface area contributed by atoms with Crippen molar-refractivity contribution in [3.8, 4) is 0 Å². The van der Waals surface area contributed by atoms with Crippen molar-refractivity contribution in [3.63, 3.8) is 0 Å². The summed E-state index contributed by atoms with van der Waals surface area (Å²) in [7, 11) is 0. The lowest BCUT2D eigenvalue weighted by atomic mass is 10.3. The lowest BCUT2D eigenvalue weighted by Crippen LogP contribution is -2.23. The summed E-state index contributed by atoms with van der Waals surface area (Å²) in [4.78, 5) is 23.2. The van der Waals surface area contributed by atoms with Crippen LogP contribution in [0.15, 0.2) is 56.5 Å². The third-order valence-corrected chi connectivity index (χ3v) is 3.48. The SMILES string of the molecule is O=C(/C=C/c1ccco1)NCCCCn1cc(Br)ccc1=O. The molecule has 2 heterocycles. The Kier molecular flexibility index (Phi) is 6.21. The van der Waals surface area contributed by atoms with Gasteiger partial charge in [-0.2, -0.15) is 0 Å². The molecule has 6 heteroatoms. The highest BCUT2D eigenvalue weighted by atomic mass is 79.9. The molecule has 0 aliphatic heterocycles. The van der Waals surface area contributed by atoms with Crippen molar-refractivity contribution in [2.45, 2.75) is 19.4 Å². The van der Waals surface area contributed by atoms with Crippen LogP contribution in [0.1, 0.15) is 18.6 Å². The highest BCUT2D eigenvalue weighted by molar-refractivity contribution is 9.10. The van der Waals surface area contributed by atoms with Crippen LogP contribution in [0.25, 0.3) is 6.08 Å². The zero-order valence-corrected chi connectivity index (χ0v) is 13.6. The van der Waals surface area contributed by atoms with E-state index in [0.29, 0.717) is 18.8 Å². The molecule has 0 saturated heterocycles. The Hall–Kier alpha value is -2.08. The Morgan fingerprint density at radius 3 is 2.95 bits per heavy atom. The van der Waals surface area contributed by atoms with Crippen LogP contribution >= 0.6 is 15.9 Å². The van der Waals surface area contributed by atoms with Gasteiger partial charge in [0, 0.05) is 35.9 Å². The third kappa shape index (κ3) is 5.37. The Bertz CT molecular complexity index is 690. The van der Waals surface area contributed by atoms with E-state index in [0.717, 1.165) is 17.3 Å². The van der Waals surface area contributed by atoms with Gasteiger partial charge in [-0.25, -0.2) is 0 Å². The number of hydrogen-bond donors (Lipinski definition) is 1. The zero-order valence-electron chi connectivity index (χ0n) is 12.0. The van der Waals surface area contributed by atoms with E-state index in [1.165, 1.54) is 12.1 Å². The number of hydrogen-bond acceptors (Lipinski definition) is 3. The standard InChI is InChI=1S/C16H17BrN2O3/c17-13-5-8-16(21)19(12-13)10-2-1-9-18-15(20)7-6-14-4-3-11-22-14/h3-8,11-12H,1-2,9-10H2,(H,18,20)/b7-6+. The molecule has 116 valence electrons. The summed E-state index contributed by atoms with van der Waals surface area (Å²) in [6, 6.07) is 6.80. The molecule has 1 N–H and O–H groups in total. The fourth-order valence-electron chi connectivity index (χ4n) is 1.90. The first-order valence-electron chi connectivity index (χ1n) is 7.00. The number of carbonyl (C=O) groups is 1. The first-order chi connectivity index (χ1) is 10.6. The molecule has 0 fully saturated rings. The van der Waals surface area contributed by atoms with E-state index < -0.39 is 0 Å². The molecule has 22 heavy (non-hydrogen) atoms. The van der Waals surface area contributed by atoms with Crippen LogP contribution in [0.3, 0.4) is 0 Å². The molecular weight excluding hydrogens is 348 g/mol. The van der Waals surface area contributed by atoms with Crippen LogP contribution in [0.2, 0.25) is 0 Å². The van der Waals surface area contributed by atoms with E-state index in [2.05, 4.69) is 21.2 Å². The molecule has 0 aliphatic rings. The summed E-state index contributed by atoms with van der Waals surface area (Å²) in [6.45, 7) is 1.21. The van der Waals surface area contributed by atoms with E-state index in [4.69, 9.17) is 4.42 Å². The minimum Gasteiger partial charge on any atom is -0.465 e. The van der Waals surface area contributed by atoms with Crippen LogP contribution in [-0.4, -0.2) is 17.0 Å². The van der Waals surface area contributed by atoms with Gasteiger partial charge in [0.1, 0.15) is 5.76 Å². The third-order valence-electron chi connectivity index (χ3n) is 3.01. The summed E-state index contributed by atoms with van der Waals surface area (Å²) >= 11 is 3.34. The van der Waals surface area contributed by atoms with Crippen molar-refractivity contribution in [1.82, 2.24) is 9.88 Å². The molecule has 5 nitrogen and oxygen atoms in total. The molecule has 0 bridgehead atoms. The van der Waals surface area contributed by atoms with Crippen LogP contribution < -0.4 is 10.9 Å². The van der Waals surface area contributed by atoms with Gasteiger partial charge in [-0.3, -0.25) is 9.59 Å². The second-order valence-corrected chi connectivity index (χ2v) is 5.64. The van der Waals surface area contributed by atoms with Gasteiger partial charge in [-0.1, -0.05) is 0 Å². The van der Waals surface area contributed by atoms with Crippen molar-refractivity contribution in [2.24, 2.45) is 0 Å². The molecule has 2 rings (SSSR count). The number of aromatic nitrogens is 1. The maximum atomic E-state index is 11.6. The van der Waals surface area contributed by atoms with Crippen molar-refractivity contribution >= 4 is 27.9 Å². The monoisotopic (exact) mass is 364 g/mol. The molecule has 0 aliphatic carbocycles. The Morgan fingerprint density at radius 1 is 1.32 bits per heavy atom. The predicted molar refractivity (Wildman–Crippen MR) is 88.4 cm³/mol. The zero-order chi connectivity index (χ0) is 15.8. The second-order valence-electron chi connectivity index (χ2n) is 4.73. The number of furan rings is 1. The van der Waals surface area contributed by atoms with E-state index in [-0.39, 0.29) is 11.5 Å². The van der Waals surface area contributed by atoms with Crippen LogP contribution in [0.5, 0.6) is 0 Å². The van der Waals surface area contributed by atoms with E-state index in [9.17, 15) is 9.59 Å². The number of nitrogens with one attached hydrogen (secondary N) is 1. The van der Waals surface area contributed by atoms with E-state index in [1.54, 1.807) is 41.3 Å². The quantitative estimate of drug-likeness (QED) is 0.606. The minimum absolute atomic E-state index is 0.0198. The Morgan fingerprint density at radius 2 is 2.18 bits per heavy atom. The smallest absolute Gasteiger partial charge is 0.250 e. The molecule has 0 unspecified atom stereocenters. The molecule has 0 saturated carbocycles. The first-order valence-corrected chi connectivity index (χ1v) is 7.80. The van der Waals surface area contributed by atoms with Gasteiger partial charge >= 0.3 is 0 Å². The van der Waals surface area contributed by atoms with Gasteiger partial charge in [-0.15, -0.1) is 0 Å². The summed E-state index contributed by atoms with van der Waals surface area (Å²) < 4.78 is 7.63.